The van der Waals surface area contributed by atoms with Gasteiger partial charge in [0.2, 0.25) is 0 Å². The fraction of sp³-hybridized carbons (Fsp3) is 0.304. The lowest BCUT2D eigenvalue weighted by Gasteiger charge is -2.36. The van der Waals surface area contributed by atoms with Gasteiger partial charge in [0, 0.05) is 49.0 Å². The van der Waals surface area contributed by atoms with Gasteiger partial charge in [0.1, 0.15) is 10.8 Å². The molecule has 1 saturated heterocycles. The van der Waals surface area contributed by atoms with Crippen LogP contribution in [-0.4, -0.2) is 47.3 Å². The first-order chi connectivity index (χ1) is 14.4. The van der Waals surface area contributed by atoms with Gasteiger partial charge in [-0.25, -0.2) is 4.39 Å². The molecule has 3 aromatic rings. The third-order valence-corrected chi connectivity index (χ3v) is 6.90. The molecule has 1 fully saturated rings. The number of Topliss-reactive ketones (excluding diaryl/α,β-unsaturated/α-hetero) is 1. The number of nitrogens with zero attached hydrogens (tertiary/aromatic N) is 3. The maximum atomic E-state index is 14.5. The first-order valence-electron chi connectivity index (χ1n) is 9.95. The number of aryl methyl sites for hydroxylation is 1. The predicted molar refractivity (Wildman–Crippen MR) is 118 cm³/mol. The number of carbonyl (C=O) groups is 2. The van der Waals surface area contributed by atoms with E-state index >= 15 is 0 Å². The number of thiophene rings is 1. The number of amides is 1. The monoisotopic (exact) mass is 425 g/mol. The van der Waals surface area contributed by atoms with E-state index in [1.165, 1.54) is 13.0 Å². The molecular formula is C23H24FN3O2S. The summed E-state index contributed by atoms with van der Waals surface area (Å²) in [6.45, 7) is 7.59. The summed E-state index contributed by atoms with van der Waals surface area (Å²) in [7, 11) is 0. The minimum absolute atomic E-state index is 0.0209. The number of hydrogen-bond donors (Lipinski definition) is 0. The smallest absolute Gasteiger partial charge is 0.257 e. The molecular weight excluding hydrogens is 401 g/mol. The van der Waals surface area contributed by atoms with Crippen LogP contribution < -0.4 is 4.90 Å². The highest BCUT2D eigenvalue weighted by Gasteiger charge is 2.28. The van der Waals surface area contributed by atoms with Crippen LogP contribution in [0.5, 0.6) is 0 Å². The fourth-order valence-corrected chi connectivity index (χ4v) is 4.92. The third-order valence-electron chi connectivity index (χ3n) is 5.68. The van der Waals surface area contributed by atoms with Crippen molar-refractivity contribution in [1.82, 2.24) is 9.47 Å². The zero-order valence-corrected chi connectivity index (χ0v) is 18.1. The van der Waals surface area contributed by atoms with E-state index in [0.29, 0.717) is 37.4 Å². The number of anilines is 1. The van der Waals surface area contributed by atoms with Crippen LogP contribution >= 0.6 is 11.3 Å². The molecule has 2 aromatic heterocycles. The Kier molecular flexibility index (Phi) is 5.47. The Morgan fingerprint density at radius 3 is 2.30 bits per heavy atom. The largest absolute Gasteiger partial charge is 0.366 e. The van der Waals surface area contributed by atoms with Crippen molar-refractivity contribution < 1.29 is 14.0 Å². The molecule has 0 bridgehead atoms. The Labute approximate surface area is 179 Å². The molecule has 0 aliphatic carbocycles. The van der Waals surface area contributed by atoms with E-state index in [-0.39, 0.29) is 11.7 Å². The lowest BCUT2D eigenvalue weighted by molar-refractivity contribution is 0.0746. The van der Waals surface area contributed by atoms with Gasteiger partial charge in [-0.3, -0.25) is 9.59 Å². The molecule has 156 valence electrons. The van der Waals surface area contributed by atoms with Crippen molar-refractivity contribution in [3.05, 3.63) is 70.1 Å². The Morgan fingerprint density at radius 1 is 1.03 bits per heavy atom. The van der Waals surface area contributed by atoms with Crippen molar-refractivity contribution in [3.8, 4) is 5.00 Å². The van der Waals surface area contributed by atoms with Gasteiger partial charge in [-0.05, 0) is 56.7 Å². The molecule has 0 spiro atoms. The summed E-state index contributed by atoms with van der Waals surface area (Å²) >= 11 is 1.62. The molecule has 1 aliphatic rings. The normalized spacial score (nSPS) is 14.3. The number of ketones is 1. The van der Waals surface area contributed by atoms with E-state index < -0.39 is 5.82 Å². The van der Waals surface area contributed by atoms with Gasteiger partial charge in [-0.2, -0.15) is 0 Å². The molecule has 30 heavy (non-hydrogen) atoms. The van der Waals surface area contributed by atoms with Gasteiger partial charge in [-0.15, -0.1) is 11.3 Å². The SMILES string of the molecule is CC(=O)c1ccc(N2CCN(C(=O)c3c(-n4cccc4)sc(C)c3C)CC2)c(F)c1. The van der Waals surface area contributed by atoms with Gasteiger partial charge in [-0.1, -0.05) is 0 Å². The van der Waals surface area contributed by atoms with Crippen LogP contribution in [0.4, 0.5) is 10.1 Å². The van der Waals surface area contributed by atoms with Gasteiger partial charge in [0.05, 0.1) is 11.3 Å². The number of halogens is 1. The molecule has 0 radical (unpaired) electrons. The molecule has 7 heteroatoms. The fourth-order valence-electron chi connectivity index (χ4n) is 3.80. The number of piperazine rings is 1. The predicted octanol–water partition coefficient (Wildman–Crippen LogP) is 4.46. The summed E-state index contributed by atoms with van der Waals surface area (Å²) in [6, 6.07) is 8.49. The minimum atomic E-state index is -0.401. The topological polar surface area (TPSA) is 45.6 Å². The van der Waals surface area contributed by atoms with E-state index in [1.807, 2.05) is 52.7 Å². The van der Waals surface area contributed by atoms with E-state index in [2.05, 4.69) is 0 Å². The average molecular weight is 426 g/mol. The summed E-state index contributed by atoms with van der Waals surface area (Å²) < 4.78 is 16.5. The summed E-state index contributed by atoms with van der Waals surface area (Å²) in [4.78, 5) is 29.7. The molecule has 1 aromatic carbocycles. The van der Waals surface area contributed by atoms with E-state index in [9.17, 15) is 14.0 Å². The molecule has 0 atom stereocenters. The van der Waals surface area contributed by atoms with Crippen molar-refractivity contribution in [2.45, 2.75) is 20.8 Å². The first-order valence-corrected chi connectivity index (χ1v) is 10.8. The van der Waals surface area contributed by atoms with Crippen LogP contribution in [0.1, 0.15) is 38.1 Å². The summed E-state index contributed by atoms with van der Waals surface area (Å²) in [5.41, 5.74) is 2.61. The molecule has 0 N–H and O–H groups in total. The summed E-state index contributed by atoms with van der Waals surface area (Å²) in [5.74, 6) is -0.537. The first kappa shape index (κ1) is 20.3. The molecule has 1 amide bonds. The minimum Gasteiger partial charge on any atom is -0.366 e. The maximum absolute atomic E-state index is 14.5. The standard InChI is InChI=1S/C23H24FN3O2S/c1-15-17(3)30-23(27-8-4-5-9-27)21(15)22(29)26-12-10-25(11-13-26)20-7-6-18(16(2)28)14-19(20)24/h4-9,14H,10-13H2,1-3H3. The molecule has 0 saturated carbocycles. The highest BCUT2D eigenvalue weighted by atomic mass is 32.1. The highest BCUT2D eigenvalue weighted by Crippen LogP contribution is 2.32. The lowest BCUT2D eigenvalue weighted by atomic mass is 10.1. The average Bonchev–Trinajstić information content (AvgIpc) is 3.36. The van der Waals surface area contributed by atoms with Crippen molar-refractivity contribution >= 4 is 28.7 Å². The van der Waals surface area contributed by atoms with Crippen LogP contribution in [0.2, 0.25) is 0 Å². The van der Waals surface area contributed by atoms with Gasteiger partial charge >= 0.3 is 0 Å². The van der Waals surface area contributed by atoms with Crippen LogP contribution in [0.3, 0.4) is 0 Å². The number of aromatic nitrogens is 1. The lowest BCUT2D eigenvalue weighted by Crippen LogP contribution is -2.49. The number of carbonyl (C=O) groups excluding carboxylic acids is 2. The van der Waals surface area contributed by atoms with Crippen molar-refractivity contribution in [2.24, 2.45) is 0 Å². The van der Waals surface area contributed by atoms with Crippen molar-refractivity contribution in [1.29, 1.82) is 0 Å². The third kappa shape index (κ3) is 3.65. The van der Waals surface area contributed by atoms with Crippen LogP contribution in [0, 0.1) is 19.7 Å². The Hall–Kier alpha value is -2.93. The van der Waals surface area contributed by atoms with Gasteiger partial charge < -0.3 is 14.4 Å². The van der Waals surface area contributed by atoms with Crippen molar-refractivity contribution in [2.75, 3.05) is 31.1 Å². The molecule has 4 rings (SSSR count). The Balaban J connectivity index is 1.52. The Bertz CT molecular complexity index is 1100. The second-order valence-electron chi connectivity index (χ2n) is 7.56. The second kappa shape index (κ2) is 8.07. The Morgan fingerprint density at radius 2 is 1.70 bits per heavy atom. The summed E-state index contributed by atoms with van der Waals surface area (Å²) in [6.07, 6.45) is 3.90. The van der Waals surface area contributed by atoms with Crippen LogP contribution in [0.15, 0.2) is 42.7 Å². The molecule has 5 nitrogen and oxygen atoms in total. The summed E-state index contributed by atoms with van der Waals surface area (Å²) in [5, 5.41) is 0.938. The molecule has 1 aliphatic heterocycles. The van der Waals surface area contributed by atoms with Crippen LogP contribution in [0.25, 0.3) is 5.00 Å². The van der Waals surface area contributed by atoms with Gasteiger partial charge in [0.25, 0.3) is 5.91 Å². The highest BCUT2D eigenvalue weighted by molar-refractivity contribution is 7.15. The quantitative estimate of drug-likeness (QED) is 0.580. The maximum Gasteiger partial charge on any atom is 0.257 e. The van der Waals surface area contributed by atoms with Gasteiger partial charge in [0.15, 0.2) is 5.78 Å². The second-order valence-corrected chi connectivity index (χ2v) is 8.76. The number of hydrogen-bond acceptors (Lipinski definition) is 4. The number of benzene rings is 1. The van der Waals surface area contributed by atoms with E-state index in [4.69, 9.17) is 0 Å². The van der Waals surface area contributed by atoms with E-state index in [0.717, 1.165) is 21.0 Å². The molecule has 3 heterocycles. The van der Waals surface area contributed by atoms with E-state index in [1.54, 1.807) is 23.5 Å². The van der Waals surface area contributed by atoms with Crippen molar-refractivity contribution in [3.63, 3.8) is 0 Å². The zero-order chi connectivity index (χ0) is 21.4. The number of rotatable bonds is 4. The van der Waals surface area contributed by atoms with Crippen LogP contribution in [-0.2, 0) is 0 Å². The zero-order valence-electron chi connectivity index (χ0n) is 17.3. The molecule has 0 unspecified atom stereocenters.